The Labute approximate surface area is 254 Å². The first-order valence-corrected chi connectivity index (χ1v) is 14.0. The Balaban J connectivity index is 1.41. The minimum atomic E-state index is -0.934. The molecule has 0 radical (unpaired) electrons. The van der Waals surface area contributed by atoms with Crippen LogP contribution in [0.3, 0.4) is 0 Å². The highest BCUT2D eigenvalue weighted by Crippen LogP contribution is 2.37. The number of carbonyl (C=O) groups excluding carboxylic acids is 2. The molecule has 220 valence electrons. The van der Waals surface area contributed by atoms with Crippen LogP contribution in [0, 0.1) is 0 Å². The Morgan fingerprint density at radius 2 is 1.59 bits per heavy atom. The van der Waals surface area contributed by atoms with E-state index in [0.717, 1.165) is 5.56 Å². The van der Waals surface area contributed by atoms with Crippen molar-refractivity contribution in [1.82, 2.24) is 9.97 Å². The number of fused-ring (bicyclic) bond motifs is 1. The average molecular weight is 587 g/mol. The molecule has 1 aliphatic rings. The summed E-state index contributed by atoms with van der Waals surface area (Å²) in [5.41, 5.74) is 9.78. The van der Waals surface area contributed by atoms with E-state index in [9.17, 15) is 14.7 Å². The third-order valence-electron chi connectivity index (χ3n) is 7.33. The van der Waals surface area contributed by atoms with Crippen molar-refractivity contribution in [2.75, 3.05) is 21.8 Å². The molecule has 3 N–H and O–H groups in total. The van der Waals surface area contributed by atoms with Crippen LogP contribution in [0.4, 0.5) is 33.6 Å². The maximum absolute atomic E-state index is 14.1. The van der Waals surface area contributed by atoms with Crippen LogP contribution in [0.2, 0.25) is 0 Å². The lowest BCUT2D eigenvalue weighted by molar-refractivity contribution is -0.119. The topological polar surface area (TPSA) is 125 Å². The fourth-order valence-corrected chi connectivity index (χ4v) is 5.08. The first-order chi connectivity index (χ1) is 21.4. The van der Waals surface area contributed by atoms with E-state index in [1.165, 1.54) is 9.80 Å². The number of anilines is 5. The third kappa shape index (κ3) is 5.66. The Bertz CT molecular complexity index is 1770. The number of amides is 3. The molecule has 0 saturated heterocycles. The second kappa shape index (κ2) is 12.2. The number of rotatable bonds is 8. The third-order valence-corrected chi connectivity index (χ3v) is 7.33. The molecule has 1 aromatic heterocycles. The van der Waals surface area contributed by atoms with Crippen molar-refractivity contribution in [3.63, 3.8) is 0 Å². The van der Waals surface area contributed by atoms with Crippen molar-refractivity contribution in [2.24, 2.45) is 5.73 Å². The normalized spacial score (nSPS) is 13.3. The van der Waals surface area contributed by atoms with Gasteiger partial charge in [-0.3, -0.25) is 9.69 Å². The molecule has 0 spiro atoms. The standard InChI is InChI=1S/C34H30N6O4/c1-44-29-18-14-25(15-19-29)38-22-24-21-36-33(37-31(24)39(34(38)43)26-8-4-2-5-9-26)40(27-10-6-3-7-11-27)32(42)30(35)20-23-12-16-28(41)17-13-23/h2-19,21,30,41H,20,22,35H2,1H3/t30-/m0/s1. The molecule has 6 rings (SSSR count). The van der Waals surface area contributed by atoms with Crippen LogP contribution in [0.25, 0.3) is 0 Å². The summed E-state index contributed by atoms with van der Waals surface area (Å²) in [7, 11) is 1.59. The molecule has 0 unspecified atom stereocenters. The molecule has 5 aromatic rings. The predicted molar refractivity (Wildman–Crippen MR) is 169 cm³/mol. The summed E-state index contributed by atoms with van der Waals surface area (Å²) in [5, 5.41) is 9.65. The van der Waals surface area contributed by atoms with Gasteiger partial charge in [0.2, 0.25) is 5.95 Å². The summed E-state index contributed by atoms with van der Waals surface area (Å²) in [4.78, 5) is 42.1. The average Bonchev–Trinajstić information content (AvgIpc) is 3.06. The highest BCUT2D eigenvalue weighted by Gasteiger charge is 2.36. The minimum Gasteiger partial charge on any atom is -0.508 e. The van der Waals surface area contributed by atoms with E-state index in [1.807, 2.05) is 60.7 Å². The zero-order valence-electron chi connectivity index (χ0n) is 23.9. The number of aromatic nitrogens is 2. The number of ether oxygens (including phenoxy) is 1. The number of methoxy groups -OCH3 is 1. The van der Waals surface area contributed by atoms with Gasteiger partial charge in [-0.15, -0.1) is 0 Å². The number of hydrogen-bond acceptors (Lipinski definition) is 7. The molecule has 10 nitrogen and oxygen atoms in total. The van der Waals surface area contributed by atoms with Gasteiger partial charge in [-0.05, 0) is 72.6 Å². The van der Waals surface area contributed by atoms with Crippen LogP contribution in [0.5, 0.6) is 11.5 Å². The van der Waals surface area contributed by atoms with Crippen molar-refractivity contribution in [3.05, 3.63) is 127 Å². The highest BCUT2D eigenvalue weighted by atomic mass is 16.5. The smallest absolute Gasteiger partial charge is 0.335 e. The number of nitrogens with zero attached hydrogens (tertiary/aromatic N) is 5. The molecule has 4 aromatic carbocycles. The summed E-state index contributed by atoms with van der Waals surface area (Å²) in [6, 6.07) is 30.8. The van der Waals surface area contributed by atoms with Gasteiger partial charge < -0.3 is 15.6 Å². The number of hydrogen-bond donors (Lipinski definition) is 2. The lowest BCUT2D eigenvalue weighted by atomic mass is 10.1. The van der Waals surface area contributed by atoms with Crippen LogP contribution in [-0.4, -0.2) is 40.2 Å². The molecule has 10 heteroatoms. The highest BCUT2D eigenvalue weighted by molar-refractivity contribution is 6.10. The fourth-order valence-electron chi connectivity index (χ4n) is 5.08. The lowest BCUT2D eigenvalue weighted by Crippen LogP contribution is -2.46. The fraction of sp³-hybridized carbons (Fsp3) is 0.118. The molecule has 0 saturated carbocycles. The second-order valence-electron chi connectivity index (χ2n) is 10.2. The Hall–Kier alpha value is -5.74. The molecule has 1 atom stereocenters. The lowest BCUT2D eigenvalue weighted by Gasteiger charge is -2.36. The van der Waals surface area contributed by atoms with Crippen LogP contribution >= 0.6 is 0 Å². The molecule has 0 bridgehead atoms. The number of para-hydroxylation sites is 2. The van der Waals surface area contributed by atoms with E-state index in [1.54, 1.807) is 66.7 Å². The number of urea groups is 1. The van der Waals surface area contributed by atoms with Crippen LogP contribution < -0.4 is 25.2 Å². The number of phenolic OH excluding ortho intramolecular Hbond substituents is 1. The Morgan fingerprint density at radius 3 is 2.25 bits per heavy atom. The van der Waals surface area contributed by atoms with Crippen molar-refractivity contribution in [3.8, 4) is 11.5 Å². The summed E-state index contributed by atoms with van der Waals surface area (Å²) < 4.78 is 5.29. The number of carbonyl (C=O) groups is 2. The van der Waals surface area contributed by atoms with Gasteiger partial charge in [-0.25, -0.2) is 19.6 Å². The van der Waals surface area contributed by atoms with Crippen LogP contribution in [0.15, 0.2) is 115 Å². The summed E-state index contributed by atoms with van der Waals surface area (Å²) in [6.45, 7) is 0.226. The molecule has 44 heavy (non-hydrogen) atoms. The second-order valence-corrected chi connectivity index (χ2v) is 10.2. The maximum atomic E-state index is 14.1. The SMILES string of the molecule is COc1ccc(N2Cc3cnc(N(C(=O)[C@@H](N)Cc4ccc(O)cc4)c4ccccc4)nc3N(c3ccccc3)C2=O)cc1. The van der Waals surface area contributed by atoms with Crippen LogP contribution in [-0.2, 0) is 17.8 Å². The Kier molecular flexibility index (Phi) is 7.90. The van der Waals surface area contributed by atoms with Crippen molar-refractivity contribution in [2.45, 2.75) is 19.0 Å². The van der Waals surface area contributed by atoms with Gasteiger partial charge in [0, 0.05) is 17.4 Å². The molecular formula is C34H30N6O4. The van der Waals surface area contributed by atoms with Gasteiger partial charge in [0.05, 0.1) is 31.1 Å². The summed E-state index contributed by atoms with van der Waals surface area (Å²) in [6.07, 6.45) is 1.88. The van der Waals surface area contributed by atoms with E-state index in [2.05, 4.69) is 4.98 Å². The van der Waals surface area contributed by atoms with E-state index in [4.69, 9.17) is 15.5 Å². The van der Waals surface area contributed by atoms with Crippen molar-refractivity contribution in [1.29, 1.82) is 0 Å². The van der Waals surface area contributed by atoms with E-state index >= 15 is 0 Å². The number of benzene rings is 4. The van der Waals surface area contributed by atoms with Gasteiger partial charge >= 0.3 is 6.03 Å². The first kappa shape index (κ1) is 28.4. The zero-order chi connectivity index (χ0) is 30.6. The minimum absolute atomic E-state index is 0.0905. The first-order valence-electron chi connectivity index (χ1n) is 14.0. The van der Waals surface area contributed by atoms with Gasteiger partial charge in [0.1, 0.15) is 11.5 Å². The van der Waals surface area contributed by atoms with Crippen molar-refractivity contribution < 1.29 is 19.4 Å². The maximum Gasteiger partial charge on any atom is 0.335 e. The summed E-state index contributed by atoms with van der Waals surface area (Å²) >= 11 is 0. The molecule has 2 heterocycles. The van der Waals surface area contributed by atoms with Crippen molar-refractivity contribution >= 4 is 40.8 Å². The van der Waals surface area contributed by atoms with Crippen LogP contribution in [0.1, 0.15) is 11.1 Å². The largest absolute Gasteiger partial charge is 0.508 e. The van der Waals surface area contributed by atoms with E-state index in [0.29, 0.717) is 34.2 Å². The molecule has 3 amide bonds. The quantitative estimate of drug-likeness (QED) is 0.239. The van der Waals surface area contributed by atoms with E-state index in [-0.39, 0.29) is 30.7 Å². The number of nitrogens with two attached hydrogens (primary N) is 1. The van der Waals surface area contributed by atoms with E-state index < -0.39 is 11.9 Å². The monoisotopic (exact) mass is 586 g/mol. The molecule has 0 aliphatic carbocycles. The molecule has 1 aliphatic heterocycles. The summed E-state index contributed by atoms with van der Waals surface area (Å²) in [5.74, 6) is 0.855. The van der Waals surface area contributed by atoms with Gasteiger partial charge in [0.15, 0.2) is 5.82 Å². The van der Waals surface area contributed by atoms with Gasteiger partial charge in [0.25, 0.3) is 5.91 Å². The van der Waals surface area contributed by atoms with Gasteiger partial charge in [-0.1, -0.05) is 48.5 Å². The number of aromatic hydroxyl groups is 1. The zero-order valence-corrected chi connectivity index (χ0v) is 23.9. The molecule has 0 fully saturated rings. The Morgan fingerprint density at radius 1 is 0.932 bits per heavy atom. The number of phenols is 1. The molecular weight excluding hydrogens is 556 g/mol. The van der Waals surface area contributed by atoms with Gasteiger partial charge in [-0.2, -0.15) is 4.98 Å². The predicted octanol–water partition coefficient (Wildman–Crippen LogP) is 5.70.